The molecule has 1 aliphatic heterocycles. The predicted octanol–water partition coefficient (Wildman–Crippen LogP) is 13.6. The second kappa shape index (κ2) is 14.1. The minimum Gasteiger partial charge on any atom is -0.316 e. The van der Waals surface area contributed by atoms with Crippen LogP contribution in [0.3, 0.4) is 0 Å². The molecule has 0 spiro atoms. The SMILES string of the molecule is C(CP(C12CC3CC(CC(C3)C1)C2)C12CC3CC(CC(C3)C1)C2)NCCP(C12CC3CC(CC(C3)C1)C2)C12CC3CC(CC(C3)C1)C2.ClN1CCc2ccccc21. The smallest absolute Gasteiger partial charge is 0.0555 e. The lowest BCUT2D eigenvalue weighted by Crippen LogP contribution is -2.57. The van der Waals surface area contributed by atoms with E-state index in [0.29, 0.717) is 0 Å². The summed E-state index contributed by atoms with van der Waals surface area (Å²) in [6.07, 6.45) is 44.3. The van der Waals surface area contributed by atoms with Crippen LogP contribution in [0.2, 0.25) is 0 Å². The zero-order valence-electron chi connectivity index (χ0n) is 35.7. The molecule has 1 aromatic carbocycles. The molecular weight excluding hydrogens is 750 g/mol. The molecule has 0 radical (unpaired) electrons. The highest BCUT2D eigenvalue weighted by molar-refractivity contribution is 7.61. The topological polar surface area (TPSA) is 15.3 Å². The van der Waals surface area contributed by atoms with Crippen LogP contribution in [0.15, 0.2) is 24.3 Å². The van der Waals surface area contributed by atoms with Crippen LogP contribution in [0.5, 0.6) is 0 Å². The van der Waals surface area contributed by atoms with Gasteiger partial charge in [0.1, 0.15) is 0 Å². The van der Waals surface area contributed by atoms with Crippen molar-refractivity contribution in [2.75, 3.05) is 36.4 Å². The molecule has 17 aliphatic rings. The van der Waals surface area contributed by atoms with Crippen LogP contribution in [-0.2, 0) is 6.42 Å². The van der Waals surface area contributed by atoms with Crippen LogP contribution in [0.4, 0.5) is 5.69 Å². The molecule has 16 aliphatic carbocycles. The molecule has 0 unspecified atom stereocenters. The standard InChI is InChI=1S/C44H69NP2.C8H8ClN/c1(3-46(41-17-29-5-30(18-41)7-31(6-29)19-41)42-20-32-8-33(21-42)10-34(9-32)22-42)45-2-4-47(43-23-35-11-36(24-43)13-37(12-35)25-43)44-26-38-14-39(27-44)16-40(15-38)28-44;9-10-6-5-7-3-1-2-4-8(7)10/h29-40,45H,1-28H2;1-4H,5-6H2. The molecule has 0 saturated heterocycles. The number of hydrogen-bond donors (Lipinski definition) is 1. The molecule has 16 fully saturated rings. The molecule has 57 heavy (non-hydrogen) atoms. The Morgan fingerprint density at radius 2 is 0.737 bits per heavy atom. The van der Waals surface area contributed by atoms with Crippen LogP contribution < -0.4 is 9.74 Å². The van der Waals surface area contributed by atoms with Crippen molar-refractivity contribution >= 4 is 33.3 Å². The molecular formula is C52H77ClN2P2. The second-order valence-corrected chi connectivity index (χ2v) is 31.9. The maximum absolute atomic E-state index is 5.88. The number of benzene rings is 1. The van der Waals surface area contributed by atoms with Gasteiger partial charge < -0.3 is 5.32 Å². The number of halogens is 1. The molecule has 18 rings (SSSR count). The summed E-state index contributed by atoms with van der Waals surface area (Å²) >= 11 is 5.88. The van der Waals surface area contributed by atoms with E-state index in [9.17, 15) is 0 Å². The summed E-state index contributed by atoms with van der Waals surface area (Å²) in [6.45, 7) is 3.75. The lowest BCUT2D eigenvalue weighted by Gasteiger charge is -2.68. The van der Waals surface area contributed by atoms with E-state index < -0.39 is 0 Å². The first-order valence-electron chi connectivity index (χ1n) is 25.6. The number of nitrogens with zero attached hydrogens (tertiary/aromatic N) is 1. The number of hydrogen-bond acceptors (Lipinski definition) is 2. The third-order valence-corrected chi connectivity index (χ3v) is 29.6. The van der Waals surface area contributed by atoms with E-state index in [1.165, 1.54) is 24.3 Å². The molecule has 5 heteroatoms. The van der Waals surface area contributed by atoms with Gasteiger partial charge >= 0.3 is 0 Å². The van der Waals surface area contributed by atoms with Gasteiger partial charge in [-0.2, -0.15) is 0 Å². The monoisotopic (exact) mass is 827 g/mol. The Morgan fingerprint density at radius 1 is 0.456 bits per heavy atom. The minimum absolute atomic E-state index is 0.157. The summed E-state index contributed by atoms with van der Waals surface area (Å²) in [5, 5.41) is 7.69. The highest BCUT2D eigenvalue weighted by Crippen LogP contribution is 2.80. The number of anilines is 1. The van der Waals surface area contributed by atoms with E-state index in [-0.39, 0.29) is 15.8 Å². The Hall–Kier alpha value is 0.130. The minimum atomic E-state index is 0.157. The van der Waals surface area contributed by atoms with E-state index in [1.54, 1.807) is 171 Å². The molecule has 16 saturated carbocycles. The molecule has 16 bridgehead atoms. The maximum atomic E-state index is 5.88. The van der Waals surface area contributed by atoms with Crippen LogP contribution in [-0.4, -0.2) is 52.6 Å². The van der Waals surface area contributed by atoms with Gasteiger partial charge in [0.25, 0.3) is 0 Å². The Balaban J connectivity index is 0.000000297. The highest BCUT2D eigenvalue weighted by atomic mass is 35.5. The van der Waals surface area contributed by atoms with Gasteiger partial charge in [-0.3, -0.25) is 4.42 Å². The number of para-hydroxylation sites is 1. The lowest BCUT2D eigenvalue weighted by molar-refractivity contribution is 0.0184. The van der Waals surface area contributed by atoms with Gasteiger partial charge in [-0.25, -0.2) is 0 Å². The van der Waals surface area contributed by atoms with E-state index in [0.717, 1.165) is 105 Å². The zero-order chi connectivity index (χ0) is 37.6. The summed E-state index contributed by atoms with van der Waals surface area (Å²) in [7, 11) is 0.314. The summed E-state index contributed by atoms with van der Waals surface area (Å²) in [5.41, 5.74) is 2.53. The fraction of sp³-hybridized carbons (Fsp3) is 0.885. The van der Waals surface area contributed by atoms with Crippen molar-refractivity contribution in [3.05, 3.63) is 29.8 Å². The third kappa shape index (κ3) is 6.41. The van der Waals surface area contributed by atoms with Crippen molar-refractivity contribution < 1.29 is 0 Å². The largest absolute Gasteiger partial charge is 0.316 e. The summed E-state index contributed by atoms with van der Waals surface area (Å²) < 4.78 is 1.77. The normalized spacial score (nSPS) is 52.0. The first-order valence-corrected chi connectivity index (χ1v) is 29.0. The van der Waals surface area contributed by atoms with Crippen LogP contribution in [0.25, 0.3) is 0 Å². The lowest BCUT2D eigenvalue weighted by atomic mass is 9.55. The van der Waals surface area contributed by atoms with Crippen molar-refractivity contribution in [3.8, 4) is 0 Å². The molecule has 2 nitrogen and oxygen atoms in total. The predicted molar refractivity (Wildman–Crippen MR) is 243 cm³/mol. The van der Waals surface area contributed by atoms with Crippen molar-refractivity contribution in [2.45, 2.75) is 181 Å². The van der Waals surface area contributed by atoms with Crippen molar-refractivity contribution in [3.63, 3.8) is 0 Å². The second-order valence-electron chi connectivity index (χ2n) is 25.1. The van der Waals surface area contributed by atoms with Crippen LogP contribution >= 0.6 is 27.6 Å². The average molecular weight is 828 g/mol. The van der Waals surface area contributed by atoms with Crippen LogP contribution in [0, 0.1) is 71.0 Å². The third-order valence-electron chi connectivity index (χ3n) is 21.2. The molecule has 1 aromatic rings. The van der Waals surface area contributed by atoms with E-state index >= 15 is 0 Å². The fourth-order valence-corrected chi connectivity index (χ4v) is 32.0. The molecule has 1 N–H and O–H groups in total. The van der Waals surface area contributed by atoms with Gasteiger partial charge in [-0.05, 0) is 289 Å². The summed E-state index contributed by atoms with van der Waals surface area (Å²) in [4.78, 5) is 0. The van der Waals surface area contributed by atoms with Crippen molar-refractivity contribution in [1.29, 1.82) is 0 Å². The van der Waals surface area contributed by atoms with Gasteiger partial charge in [0.2, 0.25) is 0 Å². The fourth-order valence-electron chi connectivity index (χ4n) is 21.3. The van der Waals surface area contributed by atoms with Gasteiger partial charge in [0, 0.05) is 18.3 Å². The summed E-state index contributed by atoms with van der Waals surface area (Å²) in [5.74, 6) is 13.6. The van der Waals surface area contributed by atoms with Crippen LogP contribution in [0.1, 0.15) is 160 Å². The Bertz CT molecular complexity index is 1360. The zero-order valence-corrected chi connectivity index (χ0v) is 38.2. The number of rotatable bonds is 10. The molecule has 312 valence electrons. The number of nitrogens with one attached hydrogen (secondary N) is 1. The molecule has 0 atom stereocenters. The molecule has 1 heterocycles. The van der Waals surface area contributed by atoms with E-state index in [4.69, 9.17) is 11.8 Å². The number of fused-ring (bicyclic) bond motifs is 1. The molecule has 0 aromatic heterocycles. The maximum Gasteiger partial charge on any atom is 0.0555 e. The Morgan fingerprint density at radius 3 is 1.02 bits per heavy atom. The van der Waals surface area contributed by atoms with Gasteiger partial charge in [-0.1, -0.05) is 34.0 Å². The van der Waals surface area contributed by atoms with Crippen molar-refractivity contribution in [1.82, 2.24) is 5.32 Å². The summed E-state index contributed by atoms with van der Waals surface area (Å²) in [6, 6.07) is 8.24. The average Bonchev–Trinajstić information content (AvgIpc) is 3.52. The first-order chi connectivity index (χ1) is 27.8. The van der Waals surface area contributed by atoms with Gasteiger partial charge in [-0.15, -0.1) is 0 Å². The van der Waals surface area contributed by atoms with Gasteiger partial charge in [0.05, 0.1) is 5.69 Å². The molecule has 0 amide bonds. The highest BCUT2D eigenvalue weighted by Gasteiger charge is 2.64. The van der Waals surface area contributed by atoms with Crippen molar-refractivity contribution in [2.24, 2.45) is 71.0 Å². The first kappa shape index (κ1) is 37.7. The quantitative estimate of drug-likeness (QED) is 0.144. The van der Waals surface area contributed by atoms with Gasteiger partial charge in [0.15, 0.2) is 0 Å². The Labute approximate surface area is 355 Å². The van der Waals surface area contributed by atoms with E-state index in [2.05, 4.69) is 23.5 Å². The van der Waals surface area contributed by atoms with E-state index in [1.807, 2.05) is 6.07 Å². The Kier molecular flexibility index (Phi) is 9.29.